The molecule has 0 N–H and O–H groups in total. The molecule has 0 saturated carbocycles. The second kappa shape index (κ2) is 8.48. The van der Waals surface area contributed by atoms with Crippen molar-refractivity contribution < 1.29 is 23.8 Å². The predicted octanol–water partition coefficient (Wildman–Crippen LogP) is 2.01. The minimum Gasteiger partial charge on any atom is -0.497 e. The molecule has 1 aliphatic rings. The highest BCUT2D eigenvalue weighted by Crippen LogP contribution is 2.38. The van der Waals surface area contributed by atoms with Crippen LogP contribution < -0.4 is 9.47 Å². The van der Waals surface area contributed by atoms with Crippen molar-refractivity contribution in [1.29, 1.82) is 0 Å². The minimum absolute atomic E-state index is 0.0673. The van der Waals surface area contributed by atoms with Gasteiger partial charge in [0.1, 0.15) is 11.5 Å². The number of likely N-dealkylation sites (tertiary alicyclic amines) is 1. The van der Waals surface area contributed by atoms with Crippen LogP contribution in [-0.4, -0.2) is 54.1 Å². The third-order valence-electron chi connectivity index (χ3n) is 4.47. The average Bonchev–Trinajstić information content (AvgIpc) is 3.21. The molecule has 1 atom stereocenters. The molecule has 0 bridgehead atoms. The van der Waals surface area contributed by atoms with Crippen LogP contribution in [0.2, 0.25) is 0 Å². The Morgan fingerprint density at radius 1 is 1.22 bits per heavy atom. The summed E-state index contributed by atoms with van der Waals surface area (Å²) in [6.45, 7) is 0.241. The molecule has 0 aliphatic carbocycles. The number of hydrogen-bond donors (Lipinski definition) is 0. The first kappa shape index (κ1) is 18.6. The fourth-order valence-electron chi connectivity index (χ4n) is 3.18. The Hall–Kier alpha value is -3.16. The van der Waals surface area contributed by atoms with Gasteiger partial charge in [0, 0.05) is 24.5 Å². The molecule has 1 aromatic heterocycles. The van der Waals surface area contributed by atoms with E-state index in [1.807, 2.05) is 18.2 Å². The number of carbonyl (C=O) groups is 2. The summed E-state index contributed by atoms with van der Waals surface area (Å²) in [6.07, 6.45) is 5.80. The number of methoxy groups -OCH3 is 2. The van der Waals surface area contributed by atoms with Crippen LogP contribution in [0.4, 0.5) is 0 Å². The number of aromatic nitrogens is 2. The largest absolute Gasteiger partial charge is 0.497 e. The van der Waals surface area contributed by atoms with Crippen LogP contribution in [0.3, 0.4) is 0 Å². The van der Waals surface area contributed by atoms with Gasteiger partial charge in [-0.25, -0.2) is 9.78 Å². The van der Waals surface area contributed by atoms with Crippen LogP contribution in [0.15, 0.2) is 36.8 Å². The van der Waals surface area contributed by atoms with Crippen LogP contribution in [0.1, 0.15) is 34.9 Å². The van der Waals surface area contributed by atoms with Gasteiger partial charge in [0.2, 0.25) is 0 Å². The van der Waals surface area contributed by atoms with Crippen LogP contribution in [0, 0.1) is 0 Å². The number of carbonyl (C=O) groups excluding carboxylic acids is 2. The van der Waals surface area contributed by atoms with Gasteiger partial charge in [-0.15, -0.1) is 0 Å². The zero-order valence-electron chi connectivity index (χ0n) is 15.3. The zero-order chi connectivity index (χ0) is 19.2. The minimum atomic E-state index is -0.675. The first-order valence-electron chi connectivity index (χ1n) is 8.58. The fraction of sp³-hybridized carbons (Fsp3) is 0.368. The number of ether oxygens (including phenoxy) is 3. The molecule has 8 heteroatoms. The second-order valence-electron chi connectivity index (χ2n) is 6.02. The van der Waals surface area contributed by atoms with Gasteiger partial charge in [0.25, 0.3) is 5.91 Å². The Labute approximate surface area is 157 Å². The summed E-state index contributed by atoms with van der Waals surface area (Å²) in [4.78, 5) is 34.0. The van der Waals surface area contributed by atoms with E-state index in [0.717, 1.165) is 18.4 Å². The van der Waals surface area contributed by atoms with Gasteiger partial charge >= 0.3 is 5.97 Å². The maximum absolute atomic E-state index is 12.7. The maximum atomic E-state index is 12.7. The Morgan fingerprint density at radius 2 is 2.07 bits per heavy atom. The van der Waals surface area contributed by atoms with Crippen molar-refractivity contribution in [1.82, 2.24) is 14.9 Å². The molecule has 0 radical (unpaired) electrons. The van der Waals surface area contributed by atoms with Crippen molar-refractivity contribution >= 4 is 11.9 Å². The zero-order valence-corrected chi connectivity index (χ0v) is 15.3. The van der Waals surface area contributed by atoms with Crippen LogP contribution in [0.25, 0.3) is 0 Å². The van der Waals surface area contributed by atoms with E-state index in [2.05, 4.69) is 9.97 Å². The van der Waals surface area contributed by atoms with Crippen LogP contribution in [-0.2, 0) is 9.53 Å². The van der Waals surface area contributed by atoms with Gasteiger partial charge < -0.3 is 19.1 Å². The van der Waals surface area contributed by atoms with E-state index < -0.39 is 5.97 Å². The van der Waals surface area contributed by atoms with Gasteiger partial charge in [0.15, 0.2) is 12.3 Å². The number of benzene rings is 1. The molecule has 2 heterocycles. The van der Waals surface area contributed by atoms with E-state index in [1.165, 1.54) is 18.6 Å². The molecular weight excluding hydrogens is 350 g/mol. The Morgan fingerprint density at radius 3 is 2.78 bits per heavy atom. The lowest BCUT2D eigenvalue weighted by Crippen LogP contribution is -2.34. The Balaban J connectivity index is 1.71. The molecule has 0 spiro atoms. The average molecular weight is 371 g/mol. The van der Waals surface area contributed by atoms with Crippen molar-refractivity contribution in [3.8, 4) is 11.5 Å². The monoisotopic (exact) mass is 371 g/mol. The van der Waals surface area contributed by atoms with Crippen molar-refractivity contribution in [2.24, 2.45) is 0 Å². The molecular formula is C19H21N3O5. The van der Waals surface area contributed by atoms with Crippen LogP contribution >= 0.6 is 0 Å². The lowest BCUT2D eigenvalue weighted by Gasteiger charge is -2.26. The molecule has 1 aliphatic heterocycles. The van der Waals surface area contributed by atoms with E-state index in [-0.39, 0.29) is 24.2 Å². The van der Waals surface area contributed by atoms with Crippen molar-refractivity contribution in [3.05, 3.63) is 48.0 Å². The first-order chi connectivity index (χ1) is 13.1. The molecule has 1 aromatic carbocycles. The first-order valence-corrected chi connectivity index (χ1v) is 8.58. The summed E-state index contributed by atoms with van der Waals surface area (Å²) >= 11 is 0. The molecule has 2 aromatic rings. The molecule has 1 saturated heterocycles. The summed E-state index contributed by atoms with van der Waals surface area (Å²) in [5, 5.41) is 0. The second-order valence-corrected chi connectivity index (χ2v) is 6.02. The quantitative estimate of drug-likeness (QED) is 0.718. The van der Waals surface area contributed by atoms with Gasteiger partial charge in [-0.1, -0.05) is 0 Å². The highest BCUT2D eigenvalue weighted by molar-refractivity contribution is 5.89. The predicted molar refractivity (Wildman–Crippen MR) is 95.5 cm³/mol. The SMILES string of the molecule is COc1ccc(OC)c([C@H]2CCCN2C(=O)COC(=O)c2cnccn2)c1. The van der Waals surface area contributed by atoms with E-state index in [9.17, 15) is 9.59 Å². The summed E-state index contributed by atoms with van der Waals surface area (Å²) in [7, 11) is 3.18. The fourth-order valence-corrected chi connectivity index (χ4v) is 3.18. The third kappa shape index (κ3) is 4.16. The Bertz CT molecular complexity index is 812. The van der Waals surface area contributed by atoms with Gasteiger partial charge in [-0.05, 0) is 31.0 Å². The summed E-state index contributed by atoms with van der Waals surface area (Å²) < 4.78 is 15.8. The third-order valence-corrected chi connectivity index (χ3v) is 4.47. The summed E-state index contributed by atoms with van der Waals surface area (Å²) in [5.74, 6) is 0.446. The van der Waals surface area contributed by atoms with E-state index >= 15 is 0 Å². The van der Waals surface area contributed by atoms with Crippen molar-refractivity contribution in [2.75, 3.05) is 27.4 Å². The van der Waals surface area contributed by atoms with Crippen LogP contribution in [0.5, 0.6) is 11.5 Å². The van der Waals surface area contributed by atoms with Gasteiger partial charge in [-0.2, -0.15) is 0 Å². The Kier molecular flexibility index (Phi) is 5.85. The topological polar surface area (TPSA) is 90.8 Å². The normalized spacial score (nSPS) is 16.1. The van der Waals surface area contributed by atoms with Crippen molar-refractivity contribution in [3.63, 3.8) is 0 Å². The van der Waals surface area contributed by atoms with E-state index in [4.69, 9.17) is 14.2 Å². The van der Waals surface area contributed by atoms with Gasteiger partial charge in [0.05, 0.1) is 26.5 Å². The van der Waals surface area contributed by atoms with E-state index in [0.29, 0.717) is 18.0 Å². The molecule has 8 nitrogen and oxygen atoms in total. The molecule has 142 valence electrons. The summed E-state index contributed by atoms with van der Waals surface area (Å²) in [5.41, 5.74) is 0.945. The molecule has 0 unspecified atom stereocenters. The number of amides is 1. The standard InChI is InChI=1S/C19H21N3O5/c1-25-13-5-6-17(26-2)14(10-13)16-4-3-9-22(16)18(23)12-27-19(24)15-11-20-7-8-21-15/h5-8,10-11,16H,3-4,9,12H2,1-2H3/t16-/m1/s1. The van der Waals surface area contributed by atoms with E-state index in [1.54, 1.807) is 19.1 Å². The smallest absolute Gasteiger partial charge is 0.359 e. The highest BCUT2D eigenvalue weighted by Gasteiger charge is 2.32. The molecule has 1 fully saturated rings. The summed E-state index contributed by atoms with van der Waals surface area (Å²) in [6, 6.07) is 5.36. The number of esters is 1. The number of nitrogens with zero attached hydrogens (tertiary/aromatic N) is 3. The maximum Gasteiger partial charge on any atom is 0.359 e. The molecule has 27 heavy (non-hydrogen) atoms. The highest BCUT2D eigenvalue weighted by atomic mass is 16.5. The number of rotatable bonds is 6. The molecule has 1 amide bonds. The lowest BCUT2D eigenvalue weighted by molar-refractivity contribution is -0.135. The van der Waals surface area contributed by atoms with Crippen molar-refractivity contribution in [2.45, 2.75) is 18.9 Å². The lowest BCUT2D eigenvalue weighted by atomic mass is 10.0. The number of hydrogen-bond acceptors (Lipinski definition) is 7. The van der Waals surface area contributed by atoms with Gasteiger partial charge in [-0.3, -0.25) is 9.78 Å². The molecule has 3 rings (SSSR count).